The zero-order valence-corrected chi connectivity index (χ0v) is 14.8. The van der Waals surface area contributed by atoms with E-state index in [9.17, 15) is 4.79 Å². The molecule has 5 heteroatoms. The van der Waals surface area contributed by atoms with Crippen molar-refractivity contribution in [1.29, 1.82) is 0 Å². The molecule has 3 rings (SSSR count). The minimum absolute atomic E-state index is 0.0651. The largest absolute Gasteiger partial charge is 0.348 e. The number of nitrogens with two attached hydrogens (primary N) is 1. The summed E-state index contributed by atoms with van der Waals surface area (Å²) in [5.74, 6) is 0.911. The molecular weight excluding hydrogens is 318 g/mol. The van der Waals surface area contributed by atoms with E-state index in [-0.39, 0.29) is 11.9 Å². The van der Waals surface area contributed by atoms with E-state index in [4.69, 9.17) is 5.73 Å². The van der Waals surface area contributed by atoms with E-state index in [1.54, 1.807) is 11.3 Å². The van der Waals surface area contributed by atoms with E-state index in [1.165, 1.54) is 10.4 Å². The van der Waals surface area contributed by atoms with Gasteiger partial charge in [0.1, 0.15) is 0 Å². The number of amides is 1. The van der Waals surface area contributed by atoms with E-state index in [1.807, 2.05) is 24.4 Å². The molecule has 0 aliphatic carbocycles. The van der Waals surface area contributed by atoms with Gasteiger partial charge in [0.15, 0.2) is 0 Å². The van der Waals surface area contributed by atoms with Crippen LogP contribution in [0.5, 0.6) is 0 Å². The van der Waals surface area contributed by atoms with Crippen LogP contribution in [0.3, 0.4) is 0 Å². The molecule has 128 valence electrons. The quantitative estimate of drug-likeness (QED) is 0.848. The number of thiophene rings is 1. The number of hydrogen-bond donors (Lipinski definition) is 2. The Balaban J connectivity index is 1.57. The summed E-state index contributed by atoms with van der Waals surface area (Å²) in [7, 11) is 0. The number of nitrogens with zero attached hydrogens (tertiary/aromatic N) is 1. The Kier molecular flexibility index (Phi) is 5.66. The van der Waals surface area contributed by atoms with E-state index in [0.29, 0.717) is 24.9 Å². The lowest BCUT2D eigenvalue weighted by Gasteiger charge is -2.18. The molecular formula is C19H25N3OS. The first-order valence-corrected chi connectivity index (χ1v) is 9.35. The molecule has 1 amide bonds. The van der Waals surface area contributed by atoms with Crippen LogP contribution in [0.15, 0.2) is 47.8 Å². The van der Waals surface area contributed by atoms with Crippen molar-refractivity contribution >= 4 is 17.2 Å². The van der Waals surface area contributed by atoms with E-state index in [2.05, 4.69) is 40.5 Å². The van der Waals surface area contributed by atoms with Crippen LogP contribution >= 0.6 is 11.3 Å². The number of likely N-dealkylation sites (tertiary alicyclic amines) is 1. The molecule has 3 N–H and O–H groups in total. The van der Waals surface area contributed by atoms with Crippen LogP contribution in [0.4, 0.5) is 0 Å². The van der Waals surface area contributed by atoms with Gasteiger partial charge in [0.25, 0.3) is 0 Å². The summed E-state index contributed by atoms with van der Waals surface area (Å²) < 4.78 is 0. The van der Waals surface area contributed by atoms with Gasteiger partial charge >= 0.3 is 0 Å². The summed E-state index contributed by atoms with van der Waals surface area (Å²) in [5.41, 5.74) is 7.30. The predicted octanol–water partition coefficient (Wildman–Crippen LogP) is 2.60. The third-order valence-corrected chi connectivity index (χ3v) is 5.82. The average Bonchev–Trinajstić information content (AvgIpc) is 3.25. The molecule has 1 aromatic heterocycles. The molecule has 2 aromatic rings. The molecule has 1 aliphatic heterocycles. The minimum Gasteiger partial charge on any atom is -0.348 e. The van der Waals surface area contributed by atoms with Gasteiger partial charge in [-0.3, -0.25) is 9.69 Å². The summed E-state index contributed by atoms with van der Waals surface area (Å²) in [6, 6.07) is 14.6. The summed E-state index contributed by atoms with van der Waals surface area (Å²) >= 11 is 1.67. The van der Waals surface area contributed by atoms with Crippen LogP contribution in [0.2, 0.25) is 0 Å². The van der Waals surface area contributed by atoms with Gasteiger partial charge in [-0.05, 0) is 36.4 Å². The van der Waals surface area contributed by atoms with Gasteiger partial charge in [-0.25, -0.2) is 0 Å². The van der Waals surface area contributed by atoms with Gasteiger partial charge in [-0.1, -0.05) is 36.4 Å². The maximum absolute atomic E-state index is 12.4. The number of benzene rings is 1. The second-order valence-corrected chi connectivity index (χ2v) is 7.49. The van der Waals surface area contributed by atoms with Gasteiger partial charge in [0.05, 0.1) is 12.6 Å². The topological polar surface area (TPSA) is 58.4 Å². The standard InChI is InChI=1S/C19H25N3OS/c1-14(18-8-5-9-24-18)21-19(23)13-22-11-16(10-20)17(12-22)15-6-3-2-4-7-15/h2-9,14,16-17H,10-13,20H2,1H3,(H,21,23)/t14?,16-,17+/m1/s1. The van der Waals surface area contributed by atoms with Crippen molar-refractivity contribution in [3.05, 3.63) is 58.3 Å². The van der Waals surface area contributed by atoms with Crippen molar-refractivity contribution in [2.75, 3.05) is 26.2 Å². The highest BCUT2D eigenvalue weighted by molar-refractivity contribution is 7.10. The van der Waals surface area contributed by atoms with Crippen molar-refractivity contribution in [2.24, 2.45) is 11.7 Å². The van der Waals surface area contributed by atoms with Crippen LogP contribution in [0.25, 0.3) is 0 Å². The van der Waals surface area contributed by atoms with Crippen molar-refractivity contribution in [3.8, 4) is 0 Å². The Labute approximate surface area is 147 Å². The van der Waals surface area contributed by atoms with E-state index < -0.39 is 0 Å². The fourth-order valence-corrected chi connectivity index (χ4v) is 4.24. The highest BCUT2D eigenvalue weighted by atomic mass is 32.1. The van der Waals surface area contributed by atoms with Crippen LogP contribution in [-0.2, 0) is 4.79 Å². The van der Waals surface area contributed by atoms with Crippen LogP contribution in [-0.4, -0.2) is 37.0 Å². The van der Waals surface area contributed by atoms with Gasteiger partial charge in [0, 0.05) is 23.9 Å². The SMILES string of the molecule is CC(NC(=O)CN1C[C@@H](CN)[C@H](c2ccccc2)C1)c1cccs1. The molecule has 3 atom stereocenters. The molecule has 1 fully saturated rings. The first-order chi connectivity index (χ1) is 11.7. The van der Waals surface area contributed by atoms with Crippen molar-refractivity contribution in [3.63, 3.8) is 0 Å². The highest BCUT2D eigenvalue weighted by Crippen LogP contribution is 2.31. The second kappa shape index (κ2) is 7.92. The minimum atomic E-state index is 0.0651. The number of rotatable bonds is 6. The zero-order valence-electron chi connectivity index (χ0n) is 14.0. The molecule has 0 spiro atoms. The second-order valence-electron chi connectivity index (χ2n) is 6.51. The Morgan fingerprint density at radius 2 is 2.08 bits per heavy atom. The van der Waals surface area contributed by atoms with Crippen LogP contribution in [0.1, 0.15) is 29.3 Å². The van der Waals surface area contributed by atoms with Crippen LogP contribution in [0, 0.1) is 5.92 Å². The first kappa shape index (κ1) is 17.1. The molecule has 24 heavy (non-hydrogen) atoms. The molecule has 1 aromatic carbocycles. The third-order valence-electron chi connectivity index (χ3n) is 4.76. The molecule has 0 saturated carbocycles. The van der Waals surface area contributed by atoms with Crippen molar-refractivity contribution in [1.82, 2.24) is 10.2 Å². The first-order valence-electron chi connectivity index (χ1n) is 8.47. The average molecular weight is 343 g/mol. The Bertz CT molecular complexity index is 644. The summed E-state index contributed by atoms with van der Waals surface area (Å²) in [6.07, 6.45) is 0. The lowest BCUT2D eigenvalue weighted by molar-refractivity contribution is -0.122. The maximum atomic E-state index is 12.4. The van der Waals surface area contributed by atoms with Gasteiger partial charge in [-0.2, -0.15) is 0 Å². The summed E-state index contributed by atoms with van der Waals surface area (Å²) in [5, 5.41) is 5.13. The van der Waals surface area contributed by atoms with Gasteiger partial charge in [0.2, 0.25) is 5.91 Å². The number of nitrogens with one attached hydrogen (secondary N) is 1. The number of hydrogen-bond acceptors (Lipinski definition) is 4. The smallest absolute Gasteiger partial charge is 0.234 e. The van der Waals surface area contributed by atoms with E-state index >= 15 is 0 Å². The molecule has 1 saturated heterocycles. The van der Waals surface area contributed by atoms with E-state index in [0.717, 1.165) is 13.1 Å². The van der Waals surface area contributed by atoms with Crippen molar-refractivity contribution < 1.29 is 4.79 Å². The molecule has 1 aliphatic rings. The predicted molar refractivity (Wildman–Crippen MR) is 99.0 cm³/mol. The van der Waals surface area contributed by atoms with Gasteiger partial charge < -0.3 is 11.1 Å². The fourth-order valence-electron chi connectivity index (χ4n) is 3.51. The van der Waals surface area contributed by atoms with Crippen LogP contribution < -0.4 is 11.1 Å². The number of carbonyl (C=O) groups excluding carboxylic acids is 1. The summed E-state index contributed by atoms with van der Waals surface area (Å²) in [6.45, 7) is 4.91. The Morgan fingerprint density at radius 1 is 1.29 bits per heavy atom. The molecule has 4 nitrogen and oxygen atoms in total. The molecule has 0 radical (unpaired) electrons. The van der Waals surface area contributed by atoms with Crippen molar-refractivity contribution in [2.45, 2.75) is 18.9 Å². The Morgan fingerprint density at radius 3 is 2.75 bits per heavy atom. The number of carbonyl (C=O) groups is 1. The maximum Gasteiger partial charge on any atom is 0.234 e. The molecule has 2 heterocycles. The third kappa shape index (κ3) is 4.04. The Hall–Kier alpha value is -1.69. The fraction of sp³-hybridized carbons (Fsp3) is 0.421. The highest BCUT2D eigenvalue weighted by Gasteiger charge is 2.33. The lowest BCUT2D eigenvalue weighted by atomic mass is 9.89. The normalized spacial score (nSPS) is 22.4. The zero-order chi connectivity index (χ0) is 16.9. The molecule has 0 bridgehead atoms. The summed E-state index contributed by atoms with van der Waals surface area (Å²) in [4.78, 5) is 15.8. The lowest BCUT2D eigenvalue weighted by Crippen LogP contribution is -2.37. The molecule has 1 unspecified atom stereocenters. The monoisotopic (exact) mass is 343 g/mol. The van der Waals surface area contributed by atoms with Gasteiger partial charge in [-0.15, -0.1) is 11.3 Å².